The van der Waals surface area contributed by atoms with Gasteiger partial charge in [-0.2, -0.15) is 0 Å². The number of aryl methyl sites for hydroxylation is 2. The van der Waals surface area contributed by atoms with Crippen molar-refractivity contribution >= 4 is 11.9 Å². The van der Waals surface area contributed by atoms with Crippen molar-refractivity contribution in [3.63, 3.8) is 0 Å². The van der Waals surface area contributed by atoms with Gasteiger partial charge >= 0.3 is 5.97 Å². The Hall–Kier alpha value is -2.96. The zero-order valence-electron chi connectivity index (χ0n) is 13.7. The maximum absolute atomic E-state index is 12.3. The van der Waals surface area contributed by atoms with Crippen LogP contribution in [0.1, 0.15) is 40.4 Å². The molecule has 1 atom stereocenters. The van der Waals surface area contributed by atoms with E-state index >= 15 is 0 Å². The molecule has 0 unspecified atom stereocenters. The van der Waals surface area contributed by atoms with Gasteiger partial charge in [0.25, 0.3) is 5.91 Å². The normalized spacial score (nSPS) is 11.6. The minimum Gasteiger partial charge on any atom is -0.482 e. The summed E-state index contributed by atoms with van der Waals surface area (Å²) < 4.78 is 5.08. The molecule has 2 aromatic rings. The average Bonchev–Trinajstić information content (AvgIpc) is 2.53. The molecular weight excluding hydrogens is 310 g/mol. The molecule has 1 aromatic heterocycles. The van der Waals surface area contributed by atoms with Crippen molar-refractivity contribution in [2.75, 3.05) is 6.61 Å². The summed E-state index contributed by atoms with van der Waals surface area (Å²) in [7, 11) is 0. The summed E-state index contributed by atoms with van der Waals surface area (Å²) in [6.45, 7) is 5.00. The number of aromatic nitrogens is 2. The van der Waals surface area contributed by atoms with Crippen molar-refractivity contribution in [1.82, 2.24) is 15.3 Å². The van der Waals surface area contributed by atoms with Gasteiger partial charge in [0.05, 0.1) is 17.3 Å². The predicted octanol–water partition coefficient (Wildman–Crippen LogP) is 2.05. The summed E-state index contributed by atoms with van der Waals surface area (Å²) in [6.07, 6.45) is 1.52. The minimum atomic E-state index is -1.03. The first-order valence-electron chi connectivity index (χ1n) is 7.42. The average molecular weight is 329 g/mol. The predicted molar refractivity (Wildman–Crippen MR) is 87.0 cm³/mol. The first kappa shape index (κ1) is 17.4. The second kappa shape index (κ2) is 7.54. The fourth-order valence-corrected chi connectivity index (χ4v) is 2.16. The molecule has 2 rings (SSSR count). The van der Waals surface area contributed by atoms with Crippen LogP contribution in [0.4, 0.5) is 0 Å². The maximum atomic E-state index is 12.3. The van der Waals surface area contributed by atoms with Gasteiger partial charge in [0, 0.05) is 6.20 Å². The van der Waals surface area contributed by atoms with Crippen molar-refractivity contribution < 1.29 is 19.4 Å². The van der Waals surface area contributed by atoms with E-state index in [-0.39, 0.29) is 11.9 Å². The fraction of sp³-hybridized carbons (Fsp3) is 0.294. The van der Waals surface area contributed by atoms with Crippen molar-refractivity contribution in [1.29, 1.82) is 0 Å². The molecule has 0 spiro atoms. The summed E-state index contributed by atoms with van der Waals surface area (Å²) >= 11 is 0. The lowest BCUT2D eigenvalue weighted by Gasteiger charge is -2.15. The van der Waals surface area contributed by atoms with Crippen LogP contribution in [0.15, 0.2) is 30.5 Å². The van der Waals surface area contributed by atoms with Gasteiger partial charge in [-0.3, -0.25) is 4.79 Å². The van der Waals surface area contributed by atoms with Crippen LogP contribution in [0.2, 0.25) is 0 Å². The van der Waals surface area contributed by atoms with E-state index in [0.29, 0.717) is 22.8 Å². The van der Waals surface area contributed by atoms with Crippen molar-refractivity contribution in [3.05, 3.63) is 53.1 Å². The monoisotopic (exact) mass is 329 g/mol. The van der Waals surface area contributed by atoms with E-state index < -0.39 is 12.6 Å². The Balaban J connectivity index is 2.02. The quantitative estimate of drug-likeness (QED) is 0.841. The Morgan fingerprint density at radius 1 is 1.25 bits per heavy atom. The molecule has 0 saturated heterocycles. The molecule has 0 radical (unpaired) electrons. The van der Waals surface area contributed by atoms with Gasteiger partial charge in [-0.1, -0.05) is 12.1 Å². The highest BCUT2D eigenvalue weighted by Crippen LogP contribution is 2.18. The fourth-order valence-electron chi connectivity index (χ4n) is 2.16. The Morgan fingerprint density at radius 2 is 1.92 bits per heavy atom. The number of carbonyl (C=O) groups is 2. The molecular formula is C17H19N3O4. The number of amides is 1. The van der Waals surface area contributed by atoms with Gasteiger partial charge in [0.1, 0.15) is 11.6 Å². The van der Waals surface area contributed by atoms with Crippen molar-refractivity contribution in [3.8, 4) is 5.75 Å². The third-order valence-electron chi connectivity index (χ3n) is 3.43. The van der Waals surface area contributed by atoms with Gasteiger partial charge in [0.15, 0.2) is 6.61 Å². The molecule has 1 amide bonds. The molecule has 24 heavy (non-hydrogen) atoms. The van der Waals surface area contributed by atoms with Crippen LogP contribution in [-0.2, 0) is 4.79 Å². The van der Waals surface area contributed by atoms with E-state index in [1.54, 1.807) is 38.1 Å². The van der Waals surface area contributed by atoms with Crippen LogP contribution in [0, 0.1) is 13.8 Å². The zero-order valence-corrected chi connectivity index (χ0v) is 13.7. The summed E-state index contributed by atoms with van der Waals surface area (Å²) in [5.74, 6) is -0.196. The maximum Gasteiger partial charge on any atom is 0.341 e. The molecule has 0 aliphatic carbocycles. The Bertz CT molecular complexity index is 744. The Labute approximate surface area is 139 Å². The molecule has 0 aliphatic heterocycles. The van der Waals surface area contributed by atoms with Gasteiger partial charge in [0.2, 0.25) is 0 Å². The highest BCUT2D eigenvalue weighted by Gasteiger charge is 2.15. The molecule has 0 fully saturated rings. The first-order chi connectivity index (χ1) is 11.4. The van der Waals surface area contributed by atoms with E-state index in [9.17, 15) is 9.59 Å². The van der Waals surface area contributed by atoms with Crippen LogP contribution in [0.3, 0.4) is 0 Å². The van der Waals surface area contributed by atoms with Crippen LogP contribution in [0.25, 0.3) is 0 Å². The van der Waals surface area contributed by atoms with Crippen molar-refractivity contribution in [2.45, 2.75) is 26.8 Å². The van der Waals surface area contributed by atoms with Gasteiger partial charge in [-0.05, 0) is 38.5 Å². The van der Waals surface area contributed by atoms with Gasteiger partial charge in [-0.25, -0.2) is 14.8 Å². The number of nitrogens with one attached hydrogen (secondary N) is 1. The first-order valence-corrected chi connectivity index (χ1v) is 7.42. The van der Waals surface area contributed by atoms with E-state index in [1.807, 2.05) is 6.92 Å². The number of hydrogen-bond acceptors (Lipinski definition) is 5. The summed E-state index contributed by atoms with van der Waals surface area (Å²) in [5.41, 5.74) is 1.94. The molecule has 1 aromatic carbocycles. The number of aliphatic carboxylic acids is 1. The van der Waals surface area contributed by atoms with Crippen LogP contribution in [0.5, 0.6) is 5.75 Å². The highest BCUT2D eigenvalue weighted by atomic mass is 16.5. The third kappa shape index (κ3) is 4.52. The molecule has 0 saturated carbocycles. The summed E-state index contributed by atoms with van der Waals surface area (Å²) in [5, 5.41) is 11.5. The van der Waals surface area contributed by atoms with Gasteiger partial charge < -0.3 is 15.2 Å². The molecule has 7 nitrogen and oxygen atoms in total. The molecule has 1 heterocycles. The van der Waals surface area contributed by atoms with E-state index in [2.05, 4.69) is 15.3 Å². The molecule has 0 aliphatic rings. The number of ether oxygens (including phenoxy) is 1. The molecule has 7 heteroatoms. The van der Waals surface area contributed by atoms with E-state index in [1.165, 1.54) is 6.20 Å². The smallest absolute Gasteiger partial charge is 0.341 e. The lowest BCUT2D eigenvalue weighted by Crippen LogP contribution is -2.27. The van der Waals surface area contributed by atoms with E-state index in [4.69, 9.17) is 9.84 Å². The van der Waals surface area contributed by atoms with Crippen LogP contribution in [-0.4, -0.2) is 33.6 Å². The number of carboxylic acid groups (broad SMARTS) is 1. The van der Waals surface area contributed by atoms with Crippen LogP contribution >= 0.6 is 0 Å². The second-order valence-electron chi connectivity index (χ2n) is 5.36. The molecule has 0 bridgehead atoms. The Morgan fingerprint density at radius 3 is 2.50 bits per heavy atom. The lowest BCUT2D eigenvalue weighted by atomic mass is 10.1. The third-order valence-corrected chi connectivity index (χ3v) is 3.43. The number of carbonyl (C=O) groups excluding carboxylic acids is 1. The number of nitrogens with zero attached hydrogens (tertiary/aromatic N) is 2. The SMILES string of the molecule is Cc1ncc(C(=O)N[C@@H](C)c2ccc(OCC(=O)O)cc2)c(C)n1. The number of benzene rings is 1. The Kier molecular flexibility index (Phi) is 5.47. The van der Waals surface area contributed by atoms with Crippen LogP contribution < -0.4 is 10.1 Å². The highest BCUT2D eigenvalue weighted by molar-refractivity contribution is 5.95. The standard InChI is InChI=1S/C17H19N3O4/c1-10(13-4-6-14(7-5-13)24-9-16(21)22)20-17(23)15-8-18-12(3)19-11(15)2/h4-8,10H,9H2,1-3H3,(H,20,23)(H,21,22)/t10-/m0/s1. The number of carboxylic acids is 1. The lowest BCUT2D eigenvalue weighted by molar-refractivity contribution is -0.139. The van der Waals surface area contributed by atoms with E-state index in [0.717, 1.165) is 5.56 Å². The zero-order chi connectivity index (χ0) is 17.7. The largest absolute Gasteiger partial charge is 0.482 e. The number of rotatable bonds is 6. The van der Waals surface area contributed by atoms with Gasteiger partial charge in [-0.15, -0.1) is 0 Å². The summed E-state index contributed by atoms with van der Waals surface area (Å²) in [4.78, 5) is 31.0. The molecule has 126 valence electrons. The molecule has 2 N–H and O–H groups in total. The summed E-state index contributed by atoms with van der Waals surface area (Å²) in [6, 6.07) is 6.66. The number of hydrogen-bond donors (Lipinski definition) is 2. The topological polar surface area (TPSA) is 101 Å². The second-order valence-corrected chi connectivity index (χ2v) is 5.36. The minimum absolute atomic E-state index is 0.230. The van der Waals surface area contributed by atoms with Crippen molar-refractivity contribution in [2.24, 2.45) is 0 Å².